The van der Waals surface area contributed by atoms with Gasteiger partial charge in [0.25, 0.3) is 0 Å². The molecule has 0 spiro atoms. The summed E-state index contributed by atoms with van der Waals surface area (Å²) in [4.78, 5) is 23.5. The van der Waals surface area contributed by atoms with Crippen LogP contribution in [0.3, 0.4) is 0 Å². The fraction of sp³-hybridized carbons (Fsp3) is 0.889. The topological polar surface area (TPSA) is 46.6 Å². The summed E-state index contributed by atoms with van der Waals surface area (Å²) in [5, 5.41) is 0. The number of nitrogens with zero attached hydrogens (tertiary/aromatic N) is 1. The van der Waals surface area contributed by atoms with Crippen LogP contribution in [0.1, 0.15) is 77.0 Å². The highest BCUT2D eigenvalue weighted by Crippen LogP contribution is 2.08. The lowest BCUT2D eigenvalue weighted by molar-refractivity contribution is -0.140. The molecule has 130 valence electrons. The Hall–Kier alpha value is -0.900. The molecule has 22 heavy (non-hydrogen) atoms. The summed E-state index contributed by atoms with van der Waals surface area (Å²) in [6.45, 7) is 2.35. The summed E-state index contributed by atoms with van der Waals surface area (Å²) in [5.74, 6) is -0.0918. The molecule has 0 saturated carbocycles. The highest BCUT2D eigenvalue weighted by Gasteiger charge is 2.01. The molecule has 0 aliphatic heterocycles. The molecule has 0 fully saturated rings. The number of carbonyl (C=O) groups excluding carboxylic acids is 2. The predicted molar refractivity (Wildman–Crippen MR) is 91.0 cm³/mol. The summed E-state index contributed by atoms with van der Waals surface area (Å²) >= 11 is 0. The zero-order valence-electron chi connectivity index (χ0n) is 14.6. The predicted octanol–water partition coefficient (Wildman–Crippen LogP) is 3.97. The van der Waals surface area contributed by atoms with Gasteiger partial charge in [0.15, 0.2) is 0 Å². The van der Waals surface area contributed by atoms with E-state index in [0.29, 0.717) is 6.42 Å². The van der Waals surface area contributed by atoms with Crippen molar-refractivity contribution in [3.05, 3.63) is 0 Å². The number of esters is 1. The monoisotopic (exact) mass is 313 g/mol. The number of methoxy groups -OCH3 is 1. The Balaban J connectivity index is 3.20. The van der Waals surface area contributed by atoms with Crippen molar-refractivity contribution >= 4 is 12.3 Å². The lowest BCUT2D eigenvalue weighted by atomic mass is 10.1. The summed E-state index contributed by atoms with van der Waals surface area (Å²) in [7, 11) is 3.65. The molecule has 0 bridgehead atoms. The first kappa shape index (κ1) is 21.1. The standard InChI is InChI=1S/C18H35NO3/c1-19(15-11-7-3-4-9-13-17-20)16-12-8-5-6-10-14-18(21)22-2/h17H,3-16H2,1-2H3. The minimum Gasteiger partial charge on any atom is -0.469 e. The van der Waals surface area contributed by atoms with E-state index in [1.54, 1.807) is 0 Å². The molecule has 4 nitrogen and oxygen atoms in total. The molecule has 0 atom stereocenters. The molecular weight excluding hydrogens is 278 g/mol. The minimum absolute atomic E-state index is 0.0918. The van der Waals surface area contributed by atoms with E-state index >= 15 is 0 Å². The molecule has 0 aromatic heterocycles. The Morgan fingerprint density at radius 2 is 1.36 bits per heavy atom. The van der Waals surface area contributed by atoms with Crippen molar-refractivity contribution in [3.8, 4) is 0 Å². The van der Waals surface area contributed by atoms with Crippen LogP contribution in [0.15, 0.2) is 0 Å². The van der Waals surface area contributed by atoms with E-state index in [1.807, 2.05) is 0 Å². The normalized spacial score (nSPS) is 10.9. The van der Waals surface area contributed by atoms with Crippen molar-refractivity contribution in [2.75, 3.05) is 27.2 Å². The second-order valence-electron chi connectivity index (χ2n) is 6.12. The maximum Gasteiger partial charge on any atom is 0.305 e. The molecule has 0 aliphatic carbocycles. The molecular formula is C18H35NO3. The number of unbranched alkanes of at least 4 members (excludes halogenated alkanes) is 9. The van der Waals surface area contributed by atoms with Gasteiger partial charge < -0.3 is 14.4 Å². The molecule has 0 heterocycles. The average Bonchev–Trinajstić information content (AvgIpc) is 2.52. The molecule has 0 amide bonds. The third kappa shape index (κ3) is 15.5. The zero-order valence-corrected chi connectivity index (χ0v) is 14.6. The van der Waals surface area contributed by atoms with Gasteiger partial charge in [-0.2, -0.15) is 0 Å². The van der Waals surface area contributed by atoms with Crippen molar-refractivity contribution in [2.45, 2.75) is 77.0 Å². The van der Waals surface area contributed by atoms with Crippen LogP contribution in [0.4, 0.5) is 0 Å². The Kier molecular flexibility index (Phi) is 15.8. The Morgan fingerprint density at radius 3 is 1.91 bits per heavy atom. The molecule has 4 heteroatoms. The van der Waals surface area contributed by atoms with Gasteiger partial charge in [0.05, 0.1) is 7.11 Å². The van der Waals surface area contributed by atoms with Gasteiger partial charge in [-0.15, -0.1) is 0 Å². The summed E-state index contributed by atoms with van der Waals surface area (Å²) in [5.41, 5.74) is 0. The van der Waals surface area contributed by atoms with Crippen LogP contribution in [0.2, 0.25) is 0 Å². The molecule has 0 aromatic carbocycles. The molecule has 0 aliphatic rings. The number of carbonyl (C=O) groups is 2. The second-order valence-corrected chi connectivity index (χ2v) is 6.12. The maximum atomic E-state index is 10.9. The number of ether oxygens (including phenoxy) is 1. The van der Waals surface area contributed by atoms with Crippen molar-refractivity contribution < 1.29 is 14.3 Å². The van der Waals surface area contributed by atoms with Crippen molar-refractivity contribution in [2.24, 2.45) is 0 Å². The van der Waals surface area contributed by atoms with E-state index in [1.165, 1.54) is 65.1 Å². The number of hydrogen-bond acceptors (Lipinski definition) is 4. The largest absolute Gasteiger partial charge is 0.469 e. The fourth-order valence-corrected chi connectivity index (χ4v) is 2.53. The van der Waals surface area contributed by atoms with E-state index in [4.69, 9.17) is 0 Å². The molecule has 0 unspecified atom stereocenters. The van der Waals surface area contributed by atoms with Crippen LogP contribution in [0, 0.1) is 0 Å². The molecule has 0 N–H and O–H groups in total. The third-order valence-corrected chi connectivity index (χ3v) is 4.01. The van der Waals surface area contributed by atoms with Gasteiger partial charge in [0, 0.05) is 12.8 Å². The quantitative estimate of drug-likeness (QED) is 0.246. The first-order chi connectivity index (χ1) is 10.7. The van der Waals surface area contributed by atoms with E-state index in [2.05, 4.69) is 16.7 Å². The van der Waals surface area contributed by atoms with Gasteiger partial charge in [-0.3, -0.25) is 4.79 Å². The van der Waals surface area contributed by atoms with Gasteiger partial charge >= 0.3 is 5.97 Å². The van der Waals surface area contributed by atoms with Crippen LogP contribution in [-0.2, 0) is 14.3 Å². The number of aldehydes is 1. The SMILES string of the molecule is COC(=O)CCCCCCCN(C)CCCCCCCC=O. The highest BCUT2D eigenvalue weighted by molar-refractivity contribution is 5.68. The van der Waals surface area contributed by atoms with Crippen LogP contribution < -0.4 is 0 Å². The van der Waals surface area contributed by atoms with Crippen molar-refractivity contribution in [3.63, 3.8) is 0 Å². The van der Waals surface area contributed by atoms with Crippen LogP contribution in [0.5, 0.6) is 0 Å². The van der Waals surface area contributed by atoms with Crippen molar-refractivity contribution in [1.29, 1.82) is 0 Å². The van der Waals surface area contributed by atoms with E-state index in [9.17, 15) is 9.59 Å². The highest BCUT2D eigenvalue weighted by atomic mass is 16.5. The van der Waals surface area contributed by atoms with Gasteiger partial charge in [0.1, 0.15) is 6.29 Å². The van der Waals surface area contributed by atoms with E-state index < -0.39 is 0 Å². The Labute approximate surface area is 136 Å². The van der Waals surface area contributed by atoms with Gasteiger partial charge in [0.2, 0.25) is 0 Å². The third-order valence-electron chi connectivity index (χ3n) is 4.01. The van der Waals surface area contributed by atoms with Gasteiger partial charge in [-0.1, -0.05) is 38.5 Å². The van der Waals surface area contributed by atoms with E-state index in [0.717, 1.165) is 32.0 Å². The van der Waals surface area contributed by atoms with E-state index in [-0.39, 0.29) is 5.97 Å². The average molecular weight is 313 g/mol. The van der Waals surface area contributed by atoms with Crippen LogP contribution >= 0.6 is 0 Å². The first-order valence-electron chi connectivity index (χ1n) is 8.89. The Morgan fingerprint density at radius 1 is 0.864 bits per heavy atom. The molecule has 0 saturated heterocycles. The van der Waals surface area contributed by atoms with Crippen LogP contribution in [0.25, 0.3) is 0 Å². The van der Waals surface area contributed by atoms with Crippen molar-refractivity contribution in [1.82, 2.24) is 4.90 Å². The summed E-state index contributed by atoms with van der Waals surface area (Å²) in [6.07, 6.45) is 14.1. The molecule has 0 aromatic rings. The minimum atomic E-state index is -0.0918. The lowest BCUT2D eigenvalue weighted by Gasteiger charge is -2.16. The Bertz CT molecular complexity index is 269. The first-order valence-corrected chi connectivity index (χ1v) is 8.89. The molecule has 0 rings (SSSR count). The molecule has 0 radical (unpaired) electrons. The number of hydrogen-bond donors (Lipinski definition) is 0. The zero-order chi connectivity index (χ0) is 16.5. The van der Waals surface area contributed by atoms with Gasteiger partial charge in [-0.25, -0.2) is 0 Å². The lowest BCUT2D eigenvalue weighted by Crippen LogP contribution is -2.20. The summed E-state index contributed by atoms with van der Waals surface area (Å²) in [6, 6.07) is 0. The second kappa shape index (κ2) is 16.5. The maximum absolute atomic E-state index is 10.9. The number of rotatable bonds is 16. The fourth-order valence-electron chi connectivity index (χ4n) is 2.53. The smallest absolute Gasteiger partial charge is 0.305 e. The summed E-state index contributed by atoms with van der Waals surface area (Å²) < 4.78 is 4.62. The van der Waals surface area contributed by atoms with Gasteiger partial charge in [-0.05, 0) is 45.8 Å². The van der Waals surface area contributed by atoms with Crippen LogP contribution in [-0.4, -0.2) is 44.4 Å².